The van der Waals surface area contributed by atoms with Crippen molar-refractivity contribution in [2.45, 2.75) is 39.7 Å². The van der Waals surface area contributed by atoms with Crippen molar-refractivity contribution in [1.29, 1.82) is 0 Å². The maximum absolute atomic E-state index is 9.54. The molecule has 0 aromatic rings. The Kier molecular flexibility index (Phi) is 6.03. The summed E-state index contributed by atoms with van der Waals surface area (Å²) < 4.78 is 0. The van der Waals surface area contributed by atoms with E-state index in [9.17, 15) is 5.11 Å². The van der Waals surface area contributed by atoms with Gasteiger partial charge in [-0.15, -0.1) is 0 Å². The second-order valence-electron chi connectivity index (χ2n) is 3.57. The maximum Gasteiger partial charge on any atom is 0.0601 e. The van der Waals surface area contributed by atoms with Crippen LogP contribution in [0.3, 0.4) is 0 Å². The zero-order chi connectivity index (χ0) is 9.56. The number of aliphatic hydroxyl groups is 2. The van der Waals surface area contributed by atoms with Crippen molar-refractivity contribution in [1.82, 2.24) is 0 Å². The Morgan fingerprint density at radius 3 is 2.42 bits per heavy atom. The summed E-state index contributed by atoms with van der Waals surface area (Å²) in [6, 6.07) is 0. The molecule has 2 atom stereocenters. The lowest BCUT2D eigenvalue weighted by Crippen LogP contribution is -2.17. The number of hydrogen-bond donors (Lipinski definition) is 2. The molecule has 2 heteroatoms. The second-order valence-corrected chi connectivity index (χ2v) is 3.57. The molecule has 0 amide bonds. The Balaban J connectivity index is 3.70. The minimum atomic E-state index is -0.313. The summed E-state index contributed by atoms with van der Waals surface area (Å²) in [5.74, 6) is 0.186. The third-order valence-electron chi connectivity index (χ3n) is 2.01. The van der Waals surface area contributed by atoms with Crippen molar-refractivity contribution in [3.63, 3.8) is 0 Å². The smallest absolute Gasteiger partial charge is 0.0601 e. The van der Waals surface area contributed by atoms with Crippen LogP contribution in [0.15, 0.2) is 11.6 Å². The molecule has 0 saturated carbocycles. The highest BCUT2D eigenvalue weighted by molar-refractivity contribution is 4.94. The van der Waals surface area contributed by atoms with Crippen LogP contribution in [0, 0.1) is 5.92 Å². The fraction of sp³-hybridized carbons (Fsp3) is 0.800. The number of rotatable bonds is 5. The van der Waals surface area contributed by atoms with Gasteiger partial charge in [0.1, 0.15) is 0 Å². The van der Waals surface area contributed by atoms with Gasteiger partial charge in [0.25, 0.3) is 0 Å². The molecule has 0 aromatic carbocycles. The van der Waals surface area contributed by atoms with Gasteiger partial charge in [-0.2, -0.15) is 0 Å². The molecule has 72 valence electrons. The molecule has 0 bridgehead atoms. The fourth-order valence-electron chi connectivity index (χ4n) is 0.985. The molecule has 0 spiro atoms. The van der Waals surface area contributed by atoms with Crippen molar-refractivity contribution < 1.29 is 10.2 Å². The first-order valence-corrected chi connectivity index (χ1v) is 4.50. The molecular weight excluding hydrogens is 152 g/mol. The van der Waals surface area contributed by atoms with Crippen LogP contribution in [0.1, 0.15) is 33.6 Å². The summed E-state index contributed by atoms with van der Waals surface area (Å²) in [4.78, 5) is 0. The van der Waals surface area contributed by atoms with E-state index in [1.54, 1.807) is 0 Å². The van der Waals surface area contributed by atoms with E-state index in [0.717, 1.165) is 0 Å². The summed E-state index contributed by atoms with van der Waals surface area (Å²) >= 11 is 0. The standard InChI is InChI=1S/C10H20O2/c1-8(2)4-5-10(12)9(3)6-7-11/h4,9-12H,5-7H2,1-3H3/t9-,10-/m0/s1. The monoisotopic (exact) mass is 172 g/mol. The molecule has 0 fully saturated rings. The third-order valence-corrected chi connectivity index (χ3v) is 2.01. The van der Waals surface area contributed by atoms with Crippen molar-refractivity contribution in [2.24, 2.45) is 5.92 Å². The zero-order valence-electron chi connectivity index (χ0n) is 8.25. The average molecular weight is 172 g/mol. The lowest BCUT2D eigenvalue weighted by atomic mass is 9.98. The number of aliphatic hydroxyl groups excluding tert-OH is 2. The van der Waals surface area contributed by atoms with Gasteiger partial charge in [0.05, 0.1) is 6.10 Å². The first kappa shape index (κ1) is 11.7. The largest absolute Gasteiger partial charge is 0.396 e. The van der Waals surface area contributed by atoms with E-state index in [4.69, 9.17) is 5.11 Å². The SMILES string of the molecule is CC(C)=CC[C@H](O)[C@@H](C)CCO. The summed E-state index contributed by atoms with van der Waals surface area (Å²) in [7, 11) is 0. The zero-order valence-corrected chi connectivity index (χ0v) is 8.25. The van der Waals surface area contributed by atoms with Crippen LogP contribution < -0.4 is 0 Å². The van der Waals surface area contributed by atoms with Gasteiger partial charge in [0, 0.05) is 6.61 Å². The van der Waals surface area contributed by atoms with Gasteiger partial charge >= 0.3 is 0 Å². The Morgan fingerprint density at radius 2 is 2.00 bits per heavy atom. The fourth-order valence-corrected chi connectivity index (χ4v) is 0.985. The Morgan fingerprint density at radius 1 is 1.42 bits per heavy atom. The van der Waals surface area contributed by atoms with Crippen LogP contribution in [0.4, 0.5) is 0 Å². The van der Waals surface area contributed by atoms with Gasteiger partial charge in [-0.25, -0.2) is 0 Å². The van der Waals surface area contributed by atoms with Crippen molar-refractivity contribution in [3.8, 4) is 0 Å². The van der Waals surface area contributed by atoms with Crippen LogP contribution in [-0.2, 0) is 0 Å². The molecule has 0 unspecified atom stereocenters. The summed E-state index contributed by atoms with van der Waals surface area (Å²) in [6.45, 7) is 6.15. The van der Waals surface area contributed by atoms with Gasteiger partial charge in [-0.1, -0.05) is 18.6 Å². The molecule has 0 rings (SSSR count). The van der Waals surface area contributed by atoms with E-state index in [2.05, 4.69) is 0 Å². The van der Waals surface area contributed by atoms with Crippen molar-refractivity contribution >= 4 is 0 Å². The minimum Gasteiger partial charge on any atom is -0.396 e. The van der Waals surface area contributed by atoms with E-state index in [-0.39, 0.29) is 18.6 Å². The van der Waals surface area contributed by atoms with E-state index in [1.807, 2.05) is 26.8 Å². The lowest BCUT2D eigenvalue weighted by molar-refractivity contribution is 0.101. The van der Waals surface area contributed by atoms with E-state index >= 15 is 0 Å². The normalized spacial score (nSPS) is 15.4. The first-order chi connectivity index (χ1) is 5.57. The highest BCUT2D eigenvalue weighted by Crippen LogP contribution is 2.12. The Labute approximate surface area is 74.9 Å². The third kappa shape index (κ3) is 5.33. The summed E-state index contributed by atoms with van der Waals surface area (Å²) in [5.41, 5.74) is 1.23. The molecule has 12 heavy (non-hydrogen) atoms. The highest BCUT2D eigenvalue weighted by atomic mass is 16.3. The van der Waals surface area contributed by atoms with E-state index in [1.165, 1.54) is 5.57 Å². The minimum absolute atomic E-state index is 0.160. The highest BCUT2D eigenvalue weighted by Gasteiger charge is 2.11. The number of hydrogen-bond acceptors (Lipinski definition) is 2. The van der Waals surface area contributed by atoms with Gasteiger partial charge in [0.2, 0.25) is 0 Å². The molecule has 0 aromatic heterocycles. The average Bonchev–Trinajstić information content (AvgIpc) is 2.00. The Hall–Kier alpha value is -0.340. The van der Waals surface area contributed by atoms with E-state index in [0.29, 0.717) is 12.8 Å². The van der Waals surface area contributed by atoms with Gasteiger partial charge in [-0.3, -0.25) is 0 Å². The molecule has 2 N–H and O–H groups in total. The topological polar surface area (TPSA) is 40.5 Å². The van der Waals surface area contributed by atoms with Crippen molar-refractivity contribution in [2.75, 3.05) is 6.61 Å². The quantitative estimate of drug-likeness (QED) is 0.620. The molecule has 0 heterocycles. The summed E-state index contributed by atoms with van der Waals surface area (Å²) in [5, 5.41) is 18.2. The van der Waals surface area contributed by atoms with Crippen LogP contribution in [0.25, 0.3) is 0 Å². The maximum atomic E-state index is 9.54. The lowest BCUT2D eigenvalue weighted by Gasteiger charge is -2.15. The molecule has 0 saturated heterocycles. The first-order valence-electron chi connectivity index (χ1n) is 4.50. The predicted molar refractivity (Wildman–Crippen MR) is 50.9 cm³/mol. The van der Waals surface area contributed by atoms with Crippen LogP contribution in [0.5, 0.6) is 0 Å². The number of allylic oxidation sites excluding steroid dienone is 1. The molecule has 0 aliphatic heterocycles. The Bertz CT molecular complexity index is 137. The second kappa shape index (κ2) is 6.21. The summed E-state index contributed by atoms with van der Waals surface area (Å²) in [6.07, 6.45) is 3.09. The van der Waals surface area contributed by atoms with Crippen LogP contribution in [-0.4, -0.2) is 22.9 Å². The molecule has 0 radical (unpaired) electrons. The molecule has 2 nitrogen and oxygen atoms in total. The van der Waals surface area contributed by atoms with Gasteiger partial charge in [0.15, 0.2) is 0 Å². The molecule has 0 aliphatic rings. The van der Waals surface area contributed by atoms with E-state index < -0.39 is 0 Å². The van der Waals surface area contributed by atoms with Gasteiger partial charge in [-0.05, 0) is 32.6 Å². The van der Waals surface area contributed by atoms with Crippen molar-refractivity contribution in [3.05, 3.63) is 11.6 Å². The molecular formula is C10H20O2. The van der Waals surface area contributed by atoms with Gasteiger partial charge < -0.3 is 10.2 Å². The predicted octanol–water partition coefficient (Wildman–Crippen LogP) is 1.72. The van der Waals surface area contributed by atoms with Crippen LogP contribution >= 0.6 is 0 Å². The molecule has 0 aliphatic carbocycles. The van der Waals surface area contributed by atoms with Crippen LogP contribution in [0.2, 0.25) is 0 Å².